The number of methoxy groups -OCH3 is 1. The molecule has 6 nitrogen and oxygen atoms in total. The second kappa shape index (κ2) is 5.73. The van der Waals surface area contributed by atoms with Gasteiger partial charge in [-0.05, 0) is 32.9 Å². The molecule has 0 amide bonds. The number of nitrogens with zero attached hydrogens (tertiary/aromatic N) is 3. The van der Waals surface area contributed by atoms with Gasteiger partial charge in [-0.2, -0.15) is 15.0 Å². The van der Waals surface area contributed by atoms with Crippen LogP contribution in [0, 0.1) is 0 Å². The van der Waals surface area contributed by atoms with Crippen LogP contribution in [0.3, 0.4) is 0 Å². The average molecular weight is 273 g/mol. The molecule has 0 radical (unpaired) electrons. The van der Waals surface area contributed by atoms with Crippen LogP contribution in [0.2, 0.25) is 0 Å². The van der Waals surface area contributed by atoms with E-state index in [1.165, 1.54) is 7.11 Å². The number of para-hydroxylation sites is 1. The number of nitrogens with one attached hydrogen (secondary N) is 2. The first-order chi connectivity index (χ1) is 9.46. The average Bonchev–Trinajstić information content (AvgIpc) is 2.37. The van der Waals surface area contributed by atoms with E-state index in [0.717, 1.165) is 5.69 Å². The van der Waals surface area contributed by atoms with Gasteiger partial charge < -0.3 is 15.4 Å². The first-order valence-corrected chi connectivity index (χ1v) is 6.36. The van der Waals surface area contributed by atoms with E-state index in [-0.39, 0.29) is 11.5 Å². The van der Waals surface area contributed by atoms with E-state index in [1.54, 1.807) is 0 Å². The van der Waals surface area contributed by atoms with Crippen molar-refractivity contribution in [1.29, 1.82) is 0 Å². The lowest BCUT2D eigenvalue weighted by Crippen LogP contribution is -2.27. The van der Waals surface area contributed by atoms with Crippen molar-refractivity contribution < 1.29 is 4.74 Å². The molecule has 0 spiro atoms. The molecule has 6 heteroatoms. The van der Waals surface area contributed by atoms with Gasteiger partial charge in [0.25, 0.3) is 0 Å². The molecule has 0 bridgehead atoms. The number of aromatic nitrogens is 3. The van der Waals surface area contributed by atoms with Crippen LogP contribution in [0.1, 0.15) is 20.8 Å². The van der Waals surface area contributed by atoms with E-state index in [4.69, 9.17) is 4.74 Å². The molecule has 2 rings (SSSR count). The Bertz CT molecular complexity index is 566. The maximum atomic E-state index is 5.11. The lowest BCUT2D eigenvalue weighted by Gasteiger charge is -2.20. The summed E-state index contributed by atoms with van der Waals surface area (Å²) in [5.74, 6) is 0.914. The highest BCUT2D eigenvalue weighted by Crippen LogP contribution is 2.18. The highest BCUT2D eigenvalue weighted by atomic mass is 16.5. The minimum atomic E-state index is -0.142. The van der Waals surface area contributed by atoms with Gasteiger partial charge in [-0.25, -0.2) is 0 Å². The van der Waals surface area contributed by atoms with Gasteiger partial charge in [0.1, 0.15) is 0 Å². The van der Waals surface area contributed by atoms with Gasteiger partial charge in [-0.1, -0.05) is 18.2 Å². The van der Waals surface area contributed by atoms with Gasteiger partial charge in [-0.3, -0.25) is 0 Å². The third-order valence-corrected chi connectivity index (χ3v) is 2.31. The Morgan fingerprint density at radius 1 is 0.950 bits per heavy atom. The molecule has 0 saturated carbocycles. The van der Waals surface area contributed by atoms with Gasteiger partial charge in [-0.15, -0.1) is 0 Å². The second-order valence-corrected chi connectivity index (χ2v) is 5.34. The molecule has 2 N–H and O–H groups in total. The van der Waals surface area contributed by atoms with Crippen molar-refractivity contribution in [2.45, 2.75) is 26.3 Å². The lowest BCUT2D eigenvalue weighted by atomic mass is 10.1. The number of benzene rings is 1. The van der Waals surface area contributed by atoms with Gasteiger partial charge in [0.2, 0.25) is 11.9 Å². The first kappa shape index (κ1) is 14.0. The van der Waals surface area contributed by atoms with E-state index in [1.807, 2.05) is 51.1 Å². The van der Waals surface area contributed by atoms with Crippen molar-refractivity contribution in [2.75, 3.05) is 17.7 Å². The van der Waals surface area contributed by atoms with Gasteiger partial charge in [0, 0.05) is 11.2 Å². The number of hydrogen-bond acceptors (Lipinski definition) is 6. The van der Waals surface area contributed by atoms with Crippen LogP contribution < -0.4 is 15.4 Å². The molecule has 0 fully saturated rings. The third kappa shape index (κ3) is 4.08. The SMILES string of the molecule is COc1nc(Nc2ccccc2)nc(NC(C)(C)C)n1. The highest BCUT2D eigenvalue weighted by Gasteiger charge is 2.14. The molecule has 1 aromatic carbocycles. The van der Waals surface area contributed by atoms with Crippen LogP contribution in [0.4, 0.5) is 17.6 Å². The van der Waals surface area contributed by atoms with Gasteiger partial charge >= 0.3 is 6.01 Å². The Morgan fingerprint density at radius 3 is 2.20 bits per heavy atom. The van der Waals surface area contributed by atoms with E-state index in [2.05, 4.69) is 25.6 Å². The summed E-state index contributed by atoms with van der Waals surface area (Å²) in [6.07, 6.45) is 0. The molecule has 0 aliphatic rings. The predicted octanol–water partition coefficient (Wildman–Crippen LogP) is 2.83. The molecule has 0 saturated heterocycles. The molecule has 106 valence electrons. The quantitative estimate of drug-likeness (QED) is 0.892. The Hall–Kier alpha value is -2.37. The largest absolute Gasteiger partial charge is 0.467 e. The monoisotopic (exact) mass is 273 g/mol. The zero-order chi connectivity index (χ0) is 14.6. The predicted molar refractivity (Wildman–Crippen MR) is 79.5 cm³/mol. The Balaban J connectivity index is 2.26. The van der Waals surface area contributed by atoms with Crippen LogP contribution in [-0.4, -0.2) is 27.6 Å². The minimum Gasteiger partial charge on any atom is -0.467 e. The van der Waals surface area contributed by atoms with Crippen molar-refractivity contribution in [1.82, 2.24) is 15.0 Å². The zero-order valence-corrected chi connectivity index (χ0v) is 12.1. The highest BCUT2D eigenvalue weighted by molar-refractivity contribution is 5.54. The van der Waals surface area contributed by atoms with Crippen LogP contribution >= 0.6 is 0 Å². The van der Waals surface area contributed by atoms with Gasteiger partial charge in [0.05, 0.1) is 7.11 Å². The maximum absolute atomic E-state index is 5.11. The number of ether oxygens (including phenoxy) is 1. The minimum absolute atomic E-state index is 0.142. The van der Waals surface area contributed by atoms with Crippen molar-refractivity contribution in [2.24, 2.45) is 0 Å². The number of rotatable bonds is 4. The fraction of sp³-hybridized carbons (Fsp3) is 0.357. The Morgan fingerprint density at radius 2 is 1.60 bits per heavy atom. The fourth-order valence-electron chi connectivity index (χ4n) is 1.55. The van der Waals surface area contributed by atoms with Crippen molar-refractivity contribution in [3.8, 4) is 6.01 Å². The maximum Gasteiger partial charge on any atom is 0.322 e. The van der Waals surface area contributed by atoms with Crippen LogP contribution in [0.25, 0.3) is 0 Å². The molecular weight excluding hydrogens is 254 g/mol. The van der Waals surface area contributed by atoms with Gasteiger partial charge in [0.15, 0.2) is 0 Å². The van der Waals surface area contributed by atoms with Crippen molar-refractivity contribution >= 4 is 17.6 Å². The summed E-state index contributed by atoms with van der Waals surface area (Å²) < 4.78 is 5.11. The van der Waals surface area contributed by atoms with Crippen molar-refractivity contribution in [3.05, 3.63) is 30.3 Å². The van der Waals surface area contributed by atoms with Crippen LogP contribution in [0.5, 0.6) is 6.01 Å². The lowest BCUT2D eigenvalue weighted by molar-refractivity contribution is 0.379. The van der Waals surface area contributed by atoms with E-state index in [0.29, 0.717) is 11.9 Å². The third-order valence-electron chi connectivity index (χ3n) is 2.31. The van der Waals surface area contributed by atoms with Crippen LogP contribution in [-0.2, 0) is 0 Å². The van der Waals surface area contributed by atoms with E-state index < -0.39 is 0 Å². The molecule has 1 aromatic heterocycles. The molecule has 0 aliphatic heterocycles. The fourth-order valence-corrected chi connectivity index (χ4v) is 1.55. The molecule has 20 heavy (non-hydrogen) atoms. The summed E-state index contributed by atoms with van der Waals surface area (Å²) in [5, 5.41) is 6.32. The zero-order valence-electron chi connectivity index (χ0n) is 12.1. The van der Waals surface area contributed by atoms with E-state index >= 15 is 0 Å². The molecule has 0 unspecified atom stereocenters. The number of anilines is 3. The standard InChI is InChI=1S/C14H19N5O/c1-14(2,3)19-12-16-11(17-13(18-12)20-4)15-10-8-6-5-7-9-10/h5-9H,1-4H3,(H2,15,16,17,18,19). The summed E-state index contributed by atoms with van der Waals surface area (Å²) in [6, 6.07) is 9.97. The summed E-state index contributed by atoms with van der Waals surface area (Å²) in [4.78, 5) is 12.7. The summed E-state index contributed by atoms with van der Waals surface area (Å²) in [7, 11) is 1.53. The number of hydrogen-bond donors (Lipinski definition) is 2. The molecule has 1 heterocycles. The van der Waals surface area contributed by atoms with E-state index in [9.17, 15) is 0 Å². The Labute approximate surface area is 118 Å². The normalized spacial score (nSPS) is 11.0. The topological polar surface area (TPSA) is 72.0 Å². The molecule has 0 atom stereocenters. The Kier molecular flexibility index (Phi) is 4.02. The summed E-state index contributed by atoms with van der Waals surface area (Å²) in [5.41, 5.74) is 0.763. The summed E-state index contributed by atoms with van der Waals surface area (Å²) >= 11 is 0. The van der Waals surface area contributed by atoms with Crippen LogP contribution in [0.15, 0.2) is 30.3 Å². The second-order valence-electron chi connectivity index (χ2n) is 5.34. The first-order valence-electron chi connectivity index (χ1n) is 6.36. The summed E-state index contributed by atoms with van der Waals surface area (Å²) in [6.45, 7) is 6.11. The molecule has 0 aliphatic carbocycles. The molecular formula is C14H19N5O. The smallest absolute Gasteiger partial charge is 0.322 e. The molecule has 2 aromatic rings. The van der Waals surface area contributed by atoms with Crippen molar-refractivity contribution in [3.63, 3.8) is 0 Å².